The average Bonchev–Trinajstić information content (AvgIpc) is 2.81. The van der Waals surface area contributed by atoms with Gasteiger partial charge in [-0.3, -0.25) is 9.59 Å². The Labute approximate surface area is 177 Å². The molecule has 2 aromatic carbocycles. The van der Waals surface area contributed by atoms with Crippen LogP contribution in [0.1, 0.15) is 12.0 Å². The number of amides is 2. The van der Waals surface area contributed by atoms with E-state index < -0.39 is 0 Å². The first-order valence-corrected chi connectivity index (χ1v) is 10.2. The van der Waals surface area contributed by atoms with Crippen LogP contribution in [0.3, 0.4) is 0 Å². The molecule has 7 heteroatoms. The van der Waals surface area contributed by atoms with Gasteiger partial charge in [0.15, 0.2) is 11.5 Å². The molecule has 7 nitrogen and oxygen atoms in total. The molecule has 30 heavy (non-hydrogen) atoms. The van der Waals surface area contributed by atoms with Gasteiger partial charge in [0.05, 0.1) is 20.8 Å². The number of aryl methyl sites for hydroxylation is 1. The zero-order valence-corrected chi connectivity index (χ0v) is 17.6. The van der Waals surface area contributed by atoms with Gasteiger partial charge in [0, 0.05) is 38.3 Å². The van der Waals surface area contributed by atoms with Crippen molar-refractivity contribution in [3.05, 3.63) is 54.1 Å². The predicted octanol–water partition coefficient (Wildman–Crippen LogP) is 2.10. The van der Waals surface area contributed by atoms with Crippen molar-refractivity contribution in [3.63, 3.8) is 0 Å². The number of nitrogens with one attached hydrogen (secondary N) is 1. The van der Waals surface area contributed by atoms with Gasteiger partial charge in [0.2, 0.25) is 11.8 Å². The van der Waals surface area contributed by atoms with E-state index in [2.05, 4.69) is 22.3 Å². The van der Waals surface area contributed by atoms with Crippen molar-refractivity contribution in [2.24, 2.45) is 0 Å². The van der Waals surface area contributed by atoms with Crippen molar-refractivity contribution in [1.29, 1.82) is 0 Å². The molecular formula is C23H29N3O4. The maximum Gasteiger partial charge on any atom is 0.242 e. The van der Waals surface area contributed by atoms with Gasteiger partial charge >= 0.3 is 0 Å². The van der Waals surface area contributed by atoms with E-state index in [0.29, 0.717) is 31.0 Å². The summed E-state index contributed by atoms with van der Waals surface area (Å²) < 4.78 is 10.7. The summed E-state index contributed by atoms with van der Waals surface area (Å²) in [6.45, 7) is 2.92. The van der Waals surface area contributed by atoms with Gasteiger partial charge in [-0.05, 0) is 30.2 Å². The van der Waals surface area contributed by atoms with Crippen molar-refractivity contribution in [1.82, 2.24) is 10.2 Å². The molecule has 0 aromatic heterocycles. The third kappa shape index (κ3) is 5.43. The lowest BCUT2D eigenvalue weighted by atomic mass is 10.1. The van der Waals surface area contributed by atoms with E-state index in [-0.39, 0.29) is 24.8 Å². The Morgan fingerprint density at radius 2 is 1.67 bits per heavy atom. The number of methoxy groups -OCH3 is 2. The highest BCUT2D eigenvalue weighted by Crippen LogP contribution is 2.31. The standard InChI is InChI=1S/C23H29N3O4/c1-29-20-10-6-7-18(23(20)30-2)11-12-21(27)24-17-22(28)26-15-13-25(14-16-26)19-8-4-3-5-9-19/h3-10H,11-17H2,1-2H3,(H,24,27). The molecule has 2 amide bonds. The van der Waals surface area contributed by atoms with E-state index in [4.69, 9.17) is 9.47 Å². The minimum atomic E-state index is -0.156. The Bertz CT molecular complexity index is 849. The maximum atomic E-state index is 12.5. The molecule has 160 valence electrons. The second kappa shape index (κ2) is 10.5. The van der Waals surface area contributed by atoms with Gasteiger partial charge in [-0.2, -0.15) is 0 Å². The molecule has 0 spiro atoms. The molecule has 0 radical (unpaired) electrons. The Balaban J connectivity index is 1.42. The molecule has 0 saturated carbocycles. The van der Waals surface area contributed by atoms with E-state index >= 15 is 0 Å². The number of carbonyl (C=O) groups excluding carboxylic acids is 2. The minimum Gasteiger partial charge on any atom is -0.493 e. The number of hydrogen-bond donors (Lipinski definition) is 1. The van der Waals surface area contributed by atoms with E-state index in [1.165, 1.54) is 5.69 Å². The summed E-state index contributed by atoms with van der Waals surface area (Å²) in [5.74, 6) is 1.08. The summed E-state index contributed by atoms with van der Waals surface area (Å²) in [7, 11) is 3.16. The van der Waals surface area contributed by atoms with Crippen LogP contribution in [0.4, 0.5) is 5.69 Å². The van der Waals surface area contributed by atoms with Crippen molar-refractivity contribution in [3.8, 4) is 11.5 Å². The Kier molecular flexibility index (Phi) is 7.54. The topological polar surface area (TPSA) is 71.1 Å². The highest BCUT2D eigenvalue weighted by Gasteiger charge is 2.21. The molecule has 1 N–H and O–H groups in total. The highest BCUT2D eigenvalue weighted by molar-refractivity contribution is 5.85. The molecule has 1 saturated heterocycles. The third-order valence-corrected chi connectivity index (χ3v) is 5.30. The molecule has 3 rings (SSSR count). The van der Waals surface area contributed by atoms with Crippen LogP contribution in [-0.2, 0) is 16.0 Å². The fourth-order valence-corrected chi connectivity index (χ4v) is 3.63. The first kappa shape index (κ1) is 21.5. The van der Waals surface area contributed by atoms with Gasteiger partial charge in [0.25, 0.3) is 0 Å². The summed E-state index contributed by atoms with van der Waals surface area (Å²) >= 11 is 0. The van der Waals surface area contributed by atoms with E-state index in [1.54, 1.807) is 14.2 Å². The Hall–Kier alpha value is -3.22. The Morgan fingerprint density at radius 3 is 2.33 bits per heavy atom. The van der Waals surface area contributed by atoms with Crippen LogP contribution in [0.2, 0.25) is 0 Å². The number of piperazine rings is 1. The zero-order chi connectivity index (χ0) is 21.3. The second-order valence-electron chi connectivity index (χ2n) is 7.13. The van der Waals surface area contributed by atoms with Gasteiger partial charge < -0.3 is 24.6 Å². The van der Waals surface area contributed by atoms with Crippen molar-refractivity contribution in [2.75, 3.05) is 51.8 Å². The fraction of sp³-hybridized carbons (Fsp3) is 0.391. The van der Waals surface area contributed by atoms with Gasteiger partial charge in [-0.15, -0.1) is 0 Å². The molecule has 2 aromatic rings. The molecule has 0 atom stereocenters. The summed E-state index contributed by atoms with van der Waals surface area (Å²) in [6, 6.07) is 15.8. The largest absolute Gasteiger partial charge is 0.493 e. The number of ether oxygens (including phenoxy) is 2. The smallest absolute Gasteiger partial charge is 0.242 e. The molecule has 1 aliphatic heterocycles. The van der Waals surface area contributed by atoms with Crippen LogP contribution in [0.15, 0.2) is 48.5 Å². The van der Waals surface area contributed by atoms with E-state index in [0.717, 1.165) is 18.7 Å². The maximum absolute atomic E-state index is 12.5. The predicted molar refractivity (Wildman–Crippen MR) is 116 cm³/mol. The SMILES string of the molecule is COc1cccc(CCC(=O)NCC(=O)N2CCN(c3ccccc3)CC2)c1OC. The molecule has 1 aliphatic rings. The first-order chi connectivity index (χ1) is 14.6. The van der Waals surface area contributed by atoms with Crippen LogP contribution in [0.5, 0.6) is 11.5 Å². The number of benzene rings is 2. The number of anilines is 1. The van der Waals surface area contributed by atoms with E-state index in [9.17, 15) is 9.59 Å². The van der Waals surface area contributed by atoms with Crippen molar-refractivity contribution in [2.45, 2.75) is 12.8 Å². The van der Waals surface area contributed by atoms with Crippen LogP contribution < -0.4 is 19.7 Å². The molecule has 0 bridgehead atoms. The molecular weight excluding hydrogens is 382 g/mol. The lowest BCUT2D eigenvalue weighted by Crippen LogP contribution is -2.51. The first-order valence-electron chi connectivity index (χ1n) is 10.2. The number of hydrogen-bond acceptors (Lipinski definition) is 5. The lowest BCUT2D eigenvalue weighted by molar-refractivity contribution is -0.133. The zero-order valence-electron chi connectivity index (χ0n) is 17.6. The van der Waals surface area contributed by atoms with Crippen LogP contribution in [0.25, 0.3) is 0 Å². The monoisotopic (exact) mass is 411 g/mol. The summed E-state index contributed by atoms with van der Waals surface area (Å²) in [4.78, 5) is 28.8. The normalized spacial score (nSPS) is 13.7. The van der Waals surface area contributed by atoms with Gasteiger partial charge in [0.1, 0.15) is 0 Å². The summed E-state index contributed by atoms with van der Waals surface area (Å²) in [5, 5.41) is 2.74. The summed E-state index contributed by atoms with van der Waals surface area (Å²) in [6.07, 6.45) is 0.786. The summed E-state index contributed by atoms with van der Waals surface area (Å²) in [5.41, 5.74) is 2.07. The van der Waals surface area contributed by atoms with Crippen LogP contribution >= 0.6 is 0 Å². The quantitative estimate of drug-likeness (QED) is 0.720. The van der Waals surface area contributed by atoms with Crippen LogP contribution in [-0.4, -0.2) is 63.7 Å². The van der Waals surface area contributed by atoms with Gasteiger partial charge in [-0.25, -0.2) is 0 Å². The molecule has 0 unspecified atom stereocenters. The number of nitrogens with zero attached hydrogens (tertiary/aromatic N) is 2. The number of carbonyl (C=O) groups is 2. The van der Waals surface area contributed by atoms with Gasteiger partial charge in [-0.1, -0.05) is 30.3 Å². The molecule has 1 heterocycles. The number of rotatable bonds is 8. The fourth-order valence-electron chi connectivity index (χ4n) is 3.63. The van der Waals surface area contributed by atoms with Crippen molar-refractivity contribution < 1.29 is 19.1 Å². The minimum absolute atomic E-state index is 0.0272. The second-order valence-corrected chi connectivity index (χ2v) is 7.13. The molecule has 1 fully saturated rings. The van der Waals surface area contributed by atoms with Crippen molar-refractivity contribution >= 4 is 17.5 Å². The lowest BCUT2D eigenvalue weighted by Gasteiger charge is -2.36. The Morgan fingerprint density at radius 1 is 0.933 bits per heavy atom. The number of para-hydroxylation sites is 2. The highest BCUT2D eigenvalue weighted by atomic mass is 16.5. The average molecular weight is 412 g/mol. The van der Waals surface area contributed by atoms with Crippen LogP contribution in [0, 0.1) is 0 Å². The third-order valence-electron chi connectivity index (χ3n) is 5.30. The molecule has 0 aliphatic carbocycles. The van der Waals surface area contributed by atoms with E-state index in [1.807, 2.05) is 41.3 Å².